The van der Waals surface area contributed by atoms with Crippen LogP contribution in [0.25, 0.3) is 0 Å². The number of benzene rings is 2. The van der Waals surface area contributed by atoms with Gasteiger partial charge in [0, 0.05) is 17.1 Å². The third-order valence-electron chi connectivity index (χ3n) is 3.03. The number of hydrogen-bond donors (Lipinski definition) is 1. The Kier molecular flexibility index (Phi) is 5.52. The van der Waals surface area contributed by atoms with E-state index < -0.39 is 0 Å². The van der Waals surface area contributed by atoms with E-state index in [1.807, 2.05) is 0 Å². The summed E-state index contributed by atoms with van der Waals surface area (Å²) in [6.07, 6.45) is 0. The first kappa shape index (κ1) is 16.5. The number of likely N-dealkylation sites (N-methyl/N-ethyl adjacent to an activating group) is 1. The molecule has 0 atom stereocenters. The number of hydrogen-bond acceptors (Lipinski definition) is 3. The van der Waals surface area contributed by atoms with Crippen LogP contribution in [0.15, 0.2) is 42.5 Å². The number of carbonyl (C=O) groups excluding carboxylic acids is 1. The molecule has 0 saturated carbocycles. The number of nitrogens with zero attached hydrogens (tertiary/aromatic N) is 1. The highest BCUT2D eigenvalue weighted by atomic mass is 35.5. The summed E-state index contributed by atoms with van der Waals surface area (Å²) in [6.45, 7) is 0.668. The largest absolute Gasteiger partial charge is 0.507 e. The van der Waals surface area contributed by atoms with E-state index in [9.17, 15) is 9.90 Å². The minimum Gasteiger partial charge on any atom is -0.507 e. The van der Waals surface area contributed by atoms with Gasteiger partial charge in [0.25, 0.3) is 5.91 Å². The van der Waals surface area contributed by atoms with Crippen LogP contribution in [0, 0.1) is 0 Å². The third kappa shape index (κ3) is 4.29. The van der Waals surface area contributed by atoms with Gasteiger partial charge in [-0.25, -0.2) is 0 Å². The molecule has 0 radical (unpaired) electrons. The highest BCUT2D eigenvalue weighted by Crippen LogP contribution is 2.22. The van der Waals surface area contributed by atoms with Crippen molar-refractivity contribution in [3.63, 3.8) is 0 Å². The molecular weight excluding hydrogens is 325 g/mol. The lowest BCUT2D eigenvalue weighted by Gasteiger charge is -2.18. The van der Waals surface area contributed by atoms with Crippen LogP contribution in [-0.2, 0) is 0 Å². The smallest absolute Gasteiger partial charge is 0.257 e. The van der Waals surface area contributed by atoms with Gasteiger partial charge in [-0.05, 0) is 36.4 Å². The topological polar surface area (TPSA) is 49.8 Å². The monoisotopic (exact) mass is 339 g/mol. The van der Waals surface area contributed by atoms with Crippen molar-refractivity contribution >= 4 is 29.1 Å². The van der Waals surface area contributed by atoms with Gasteiger partial charge in [0.05, 0.1) is 12.1 Å². The van der Waals surface area contributed by atoms with Crippen molar-refractivity contribution in [2.45, 2.75) is 0 Å². The van der Waals surface area contributed by atoms with Crippen molar-refractivity contribution in [2.24, 2.45) is 0 Å². The second-order valence-corrected chi connectivity index (χ2v) is 5.57. The number of halogens is 2. The van der Waals surface area contributed by atoms with Gasteiger partial charge in [0.2, 0.25) is 0 Å². The highest BCUT2D eigenvalue weighted by molar-refractivity contribution is 6.31. The molecule has 0 aliphatic heterocycles. The molecule has 0 unspecified atom stereocenters. The fourth-order valence-electron chi connectivity index (χ4n) is 1.84. The highest BCUT2D eigenvalue weighted by Gasteiger charge is 2.16. The average molecular weight is 340 g/mol. The van der Waals surface area contributed by atoms with Crippen molar-refractivity contribution in [3.8, 4) is 11.5 Å². The molecular formula is C16H15Cl2NO3. The third-order valence-corrected chi connectivity index (χ3v) is 3.50. The van der Waals surface area contributed by atoms with E-state index in [1.54, 1.807) is 31.3 Å². The van der Waals surface area contributed by atoms with E-state index in [0.717, 1.165) is 0 Å². The van der Waals surface area contributed by atoms with Crippen LogP contribution < -0.4 is 4.74 Å². The Balaban J connectivity index is 1.93. The Hall–Kier alpha value is -1.91. The zero-order valence-corrected chi connectivity index (χ0v) is 13.4. The molecule has 0 aliphatic rings. The summed E-state index contributed by atoms with van der Waals surface area (Å²) in [5.41, 5.74) is 0.165. The SMILES string of the molecule is CN(CCOc1cccc(Cl)c1)C(=O)c1cc(Cl)ccc1O. The zero-order valence-electron chi connectivity index (χ0n) is 11.9. The fourth-order valence-corrected chi connectivity index (χ4v) is 2.20. The average Bonchev–Trinajstić information content (AvgIpc) is 2.49. The number of rotatable bonds is 5. The second kappa shape index (κ2) is 7.38. The molecule has 0 saturated heterocycles. The Morgan fingerprint density at radius 3 is 2.64 bits per heavy atom. The summed E-state index contributed by atoms with van der Waals surface area (Å²) in [5, 5.41) is 10.7. The van der Waals surface area contributed by atoms with Gasteiger partial charge < -0.3 is 14.7 Å². The first-order valence-electron chi connectivity index (χ1n) is 6.59. The van der Waals surface area contributed by atoms with Gasteiger partial charge in [0.1, 0.15) is 18.1 Å². The minimum atomic E-state index is -0.324. The molecule has 116 valence electrons. The first-order chi connectivity index (χ1) is 10.5. The normalized spacial score (nSPS) is 10.3. The lowest BCUT2D eigenvalue weighted by molar-refractivity contribution is 0.0771. The Labute approximate surface area is 138 Å². The van der Waals surface area contributed by atoms with Gasteiger partial charge in [-0.2, -0.15) is 0 Å². The number of phenolic OH excluding ortho intramolecular Hbond substituents is 1. The van der Waals surface area contributed by atoms with Crippen molar-refractivity contribution in [1.82, 2.24) is 4.90 Å². The quantitative estimate of drug-likeness (QED) is 0.899. The van der Waals surface area contributed by atoms with E-state index in [-0.39, 0.29) is 17.2 Å². The molecule has 0 bridgehead atoms. The number of aromatic hydroxyl groups is 1. The van der Waals surface area contributed by atoms with Crippen LogP contribution in [0.1, 0.15) is 10.4 Å². The number of carbonyl (C=O) groups is 1. The lowest BCUT2D eigenvalue weighted by Crippen LogP contribution is -2.30. The van der Waals surface area contributed by atoms with Crippen LogP contribution >= 0.6 is 23.2 Å². The predicted octanol–water partition coefficient (Wildman–Crippen LogP) is 3.85. The molecule has 0 aliphatic carbocycles. The predicted molar refractivity (Wildman–Crippen MR) is 87.0 cm³/mol. The molecule has 0 spiro atoms. The van der Waals surface area contributed by atoms with Crippen LogP contribution in [0.5, 0.6) is 11.5 Å². The van der Waals surface area contributed by atoms with E-state index >= 15 is 0 Å². The van der Waals surface area contributed by atoms with E-state index in [4.69, 9.17) is 27.9 Å². The van der Waals surface area contributed by atoms with Crippen LogP contribution in [-0.4, -0.2) is 36.1 Å². The summed E-state index contributed by atoms with van der Waals surface area (Å²) >= 11 is 11.7. The van der Waals surface area contributed by atoms with Crippen molar-refractivity contribution in [1.29, 1.82) is 0 Å². The minimum absolute atomic E-state index is 0.1000. The van der Waals surface area contributed by atoms with Gasteiger partial charge in [-0.3, -0.25) is 4.79 Å². The van der Waals surface area contributed by atoms with Gasteiger partial charge >= 0.3 is 0 Å². The molecule has 1 N–H and O–H groups in total. The number of amides is 1. The molecule has 0 aromatic heterocycles. The van der Waals surface area contributed by atoms with Gasteiger partial charge in [-0.15, -0.1) is 0 Å². The second-order valence-electron chi connectivity index (χ2n) is 4.69. The molecule has 2 aromatic carbocycles. The van der Waals surface area contributed by atoms with Gasteiger partial charge in [0.15, 0.2) is 0 Å². The summed E-state index contributed by atoms with van der Waals surface area (Å²) in [5.74, 6) is 0.214. The maximum Gasteiger partial charge on any atom is 0.257 e. The van der Waals surface area contributed by atoms with Crippen molar-refractivity contribution < 1.29 is 14.6 Å². The molecule has 22 heavy (non-hydrogen) atoms. The summed E-state index contributed by atoms with van der Waals surface area (Å²) in [4.78, 5) is 13.7. The van der Waals surface area contributed by atoms with E-state index in [1.165, 1.54) is 23.1 Å². The maximum atomic E-state index is 12.2. The van der Waals surface area contributed by atoms with E-state index in [0.29, 0.717) is 28.9 Å². The van der Waals surface area contributed by atoms with Crippen LogP contribution in [0.4, 0.5) is 0 Å². The Morgan fingerprint density at radius 1 is 1.18 bits per heavy atom. The Bertz CT molecular complexity index is 676. The zero-order chi connectivity index (χ0) is 16.1. The fraction of sp³-hybridized carbons (Fsp3) is 0.188. The standard InChI is InChI=1S/C16H15Cl2NO3/c1-19(7-8-22-13-4-2-3-11(17)9-13)16(21)14-10-12(18)5-6-15(14)20/h2-6,9-10,20H,7-8H2,1H3. The van der Waals surface area contributed by atoms with Crippen molar-refractivity contribution in [2.75, 3.05) is 20.2 Å². The molecule has 6 heteroatoms. The summed E-state index contributed by atoms with van der Waals surface area (Å²) in [7, 11) is 1.63. The molecule has 0 fully saturated rings. The lowest BCUT2D eigenvalue weighted by atomic mass is 10.2. The summed E-state index contributed by atoms with van der Waals surface area (Å²) < 4.78 is 5.53. The molecule has 4 nitrogen and oxygen atoms in total. The molecule has 1 amide bonds. The van der Waals surface area contributed by atoms with E-state index in [2.05, 4.69) is 0 Å². The van der Waals surface area contributed by atoms with Crippen molar-refractivity contribution in [3.05, 3.63) is 58.1 Å². The van der Waals surface area contributed by atoms with Crippen LogP contribution in [0.2, 0.25) is 10.0 Å². The van der Waals surface area contributed by atoms with Crippen LogP contribution in [0.3, 0.4) is 0 Å². The number of phenols is 1. The van der Waals surface area contributed by atoms with Gasteiger partial charge in [-0.1, -0.05) is 29.3 Å². The molecule has 2 aromatic rings. The molecule has 2 rings (SSSR count). The maximum absolute atomic E-state index is 12.2. The molecule has 0 heterocycles. The summed E-state index contributed by atoms with van der Waals surface area (Å²) in [6, 6.07) is 11.4. The first-order valence-corrected chi connectivity index (χ1v) is 7.35. The number of ether oxygens (including phenoxy) is 1. The Morgan fingerprint density at radius 2 is 1.91 bits per heavy atom.